The maximum Gasteiger partial charge on any atom is 0.412 e. The number of nitrogens with zero attached hydrogens (tertiary/aromatic N) is 4. The van der Waals surface area contributed by atoms with Crippen LogP contribution >= 0.6 is 0 Å². The van der Waals surface area contributed by atoms with Crippen molar-refractivity contribution in [1.29, 1.82) is 0 Å². The lowest BCUT2D eigenvalue weighted by molar-refractivity contribution is 0.0398. The van der Waals surface area contributed by atoms with Gasteiger partial charge in [0.15, 0.2) is 0 Å². The summed E-state index contributed by atoms with van der Waals surface area (Å²) in [5, 5.41) is 9.11. The number of hydrogen-bond donors (Lipinski definition) is 4. The van der Waals surface area contributed by atoms with Gasteiger partial charge in [-0.1, -0.05) is 6.07 Å². The van der Waals surface area contributed by atoms with E-state index in [1.54, 1.807) is 25.4 Å². The quantitative estimate of drug-likeness (QED) is 0.296. The number of amidine groups is 1. The van der Waals surface area contributed by atoms with Gasteiger partial charge in [-0.2, -0.15) is 0 Å². The number of nitrogens with one attached hydrogen (secondary N) is 3. The Morgan fingerprint density at radius 3 is 2.70 bits per heavy atom. The first-order valence-electron chi connectivity index (χ1n) is 12.3. The van der Waals surface area contributed by atoms with Gasteiger partial charge in [0.1, 0.15) is 23.6 Å². The van der Waals surface area contributed by atoms with Gasteiger partial charge in [0.05, 0.1) is 30.2 Å². The summed E-state index contributed by atoms with van der Waals surface area (Å²) >= 11 is 0. The lowest BCUT2D eigenvalue weighted by Crippen LogP contribution is -2.39. The van der Waals surface area contributed by atoms with Crippen LogP contribution in [0.1, 0.15) is 32.0 Å². The summed E-state index contributed by atoms with van der Waals surface area (Å²) in [6.45, 7) is 12.4. The summed E-state index contributed by atoms with van der Waals surface area (Å²) in [7, 11) is 1.78. The second-order valence-electron chi connectivity index (χ2n) is 9.64. The van der Waals surface area contributed by atoms with Crippen LogP contribution in [0.25, 0.3) is 5.57 Å². The molecule has 2 heterocycles. The second-order valence-corrected chi connectivity index (χ2v) is 9.64. The largest absolute Gasteiger partial charge is 0.444 e. The van der Waals surface area contributed by atoms with E-state index in [1.165, 1.54) is 6.33 Å². The average molecular weight is 511 g/mol. The Balaban J connectivity index is 1.74. The number of anilines is 2. The normalized spacial score (nSPS) is 15.3. The summed E-state index contributed by atoms with van der Waals surface area (Å²) in [5.74, 6) is 0.970. The molecule has 0 spiro atoms. The minimum atomic E-state index is -0.596. The number of nitrogens with two attached hydrogens (primary N) is 1. The summed E-state index contributed by atoms with van der Waals surface area (Å²) in [6, 6.07) is 7.25. The number of morpholine rings is 1. The van der Waals surface area contributed by atoms with Crippen molar-refractivity contribution in [3.05, 3.63) is 48.1 Å². The fraction of sp³-hybridized carbons (Fsp3) is 0.462. The molecule has 0 unspecified atom stereocenters. The van der Waals surface area contributed by atoms with Gasteiger partial charge < -0.3 is 25.8 Å². The van der Waals surface area contributed by atoms with Gasteiger partial charge in [0, 0.05) is 51.2 Å². The van der Waals surface area contributed by atoms with Crippen LogP contribution in [0, 0.1) is 6.92 Å². The molecular weight excluding hydrogens is 472 g/mol. The third-order valence-electron chi connectivity index (χ3n) is 5.44. The van der Waals surface area contributed by atoms with Gasteiger partial charge in [-0.15, -0.1) is 0 Å². The Bertz CT molecular complexity index is 1120. The van der Waals surface area contributed by atoms with Crippen molar-refractivity contribution in [3.63, 3.8) is 0 Å². The van der Waals surface area contributed by atoms with E-state index in [9.17, 15) is 4.79 Å². The molecule has 1 fully saturated rings. The molecule has 1 aliphatic heterocycles. The Morgan fingerprint density at radius 2 is 2.00 bits per heavy atom. The molecule has 0 atom stereocenters. The van der Waals surface area contributed by atoms with Crippen molar-refractivity contribution in [3.8, 4) is 0 Å². The number of aromatic nitrogens is 2. The maximum atomic E-state index is 12.2. The number of carbonyl (C=O) groups excluding carboxylic acids is 1. The summed E-state index contributed by atoms with van der Waals surface area (Å²) < 4.78 is 10.7. The third-order valence-corrected chi connectivity index (χ3v) is 5.44. The summed E-state index contributed by atoms with van der Waals surface area (Å²) in [4.78, 5) is 27.9. The lowest BCUT2D eigenvalue weighted by atomic mass is 10.1. The zero-order valence-electron chi connectivity index (χ0n) is 22.3. The van der Waals surface area contributed by atoms with Crippen LogP contribution in [0.15, 0.2) is 41.8 Å². The first kappa shape index (κ1) is 27.9. The van der Waals surface area contributed by atoms with Gasteiger partial charge >= 0.3 is 6.09 Å². The molecule has 0 saturated carbocycles. The first-order valence-corrected chi connectivity index (χ1v) is 12.3. The zero-order chi connectivity index (χ0) is 26.8. The third kappa shape index (κ3) is 9.03. The molecule has 1 aliphatic rings. The molecule has 0 radical (unpaired) electrons. The molecule has 1 aromatic carbocycles. The predicted octanol–water partition coefficient (Wildman–Crippen LogP) is 3.13. The number of benzene rings is 1. The fourth-order valence-electron chi connectivity index (χ4n) is 3.61. The van der Waals surface area contributed by atoms with Crippen molar-refractivity contribution in [2.45, 2.75) is 33.3 Å². The summed E-state index contributed by atoms with van der Waals surface area (Å²) in [6.07, 6.45) is 2.71. The second kappa shape index (κ2) is 13.0. The zero-order valence-corrected chi connectivity index (χ0v) is 22.3. The van der Waals surface area contributed by atoms with Crippen LogP contribution in [0.4, 0.5) is 22.0 Å². The highest BCUT2D eigenvalue weighted by Crippen LogP contribution is 2.25. The number of amides is 1. The van der Waals surface area contributed by atoms with Gasteiger partial charge in [0.25, 0.3) is 0 Å². The van der Waals surface area contributed by atoms with Gasteiger partial charge in [-0.05, 0) is 45.4 Å². The Labute approximate surface area is 218 Å². The molecule has 0 bridgehead atoms. The number of aryl methyl sites for hydroxylation is 1. The standard InChI is InChI=1S/C26H38N8O3/c1-18-6-7-19(32-25(35)37-26(2,3)4)14-21(18)33-24(27)20(16-28-5)22-15-23(31-17-30-22)29-8-9-34-10-12-36-13-11-34/h6-7,14-17,28H,8-13H2,1-5H3,(H2,27,33)(H,32,35)(H,29,30,31)/b20-16-. The van der Waals surface area contributed by atoms with E-state index in [-0.39, 0.29) is 5.84 Å². The Hall–Kier alpha value is -3.70. The van der Waals surface area contributed by atoms with E-state index in [0.29, 0.717) is 28.5 Å². The van der Waals surface area contributed by atoms with E-state index >= 15 is 0 Å². The SMILES string of the molecule is CN/C=C(\C(N)=Nc1cc(NC(=O)OC(C)(C)C)ccc1C)c1cc(NCCN2CCOCC2)ncn1. The molecule has 1 amide bonds. The number of aliphatic imine (C=N–C) groups is 1. The molecule has 0 aliphatic carbocycles. The summed E-state index contributed by atoms with van der Waals surface area (Å²) in [5.41, 5.74) is 9.16. The maximum absolute atomic E-state index is 12.2. The van der Waals surface area contributed by atoms with E-state index in [4.69, 9.17) is 15.2 Å². The minimum absolute atomic E-state index is 0.268. The van der Waals surface area contributed by atoms with E-state index in [1.807, 2.05) is 39.8 Å². The molecule has 3 rings (SSSR count). The van der Waals surface area contributed by atoms with Crippen LogP contribution in [-0.4, -0.2) is 78.8 Å². The lowest BCUT2D eigenvalue weighted by Gasteiger charge is -2.26. The Kier molecular flexibility index (Phi) is 9.81. The van der Waals surface area contributed by atoms with Crippen molar-refractivity contribution < 1.29 is 14.3 Å². The monoisotopic (exact) mass is 510 g/mol. The molecule has 11 nitrogen and oxygen atoms in total. The van der Waals surface area contributed by atoms with E-state index in [2.05, 4.69) is 35.8 Å². The fourth-order valence-corrected chi connectivity index (χ4v) is 3.61. The van der Waals surface area contributed by atoms with Crippen LogP contribution < -0.4 is 21.7 Å². The van der Waals surface area contributed by atoms with Crippen LogP contribution in [0.3, 0.4) is 0 Å². The number of hydrogen-bond acceptors (Lipinski definition) is 9. The van der Waals surface area contributed by atoms with Gasteiger partial charge in [-0.3, -0.25) is 10.2 Å². The smallest absolute Gasteiger partial charge is 0.412 e. The Morgan fingerprint density at radius 1 is 1.24 bits per heavy atom. The minimum Gasteiger partial charge on any atom is -0.444 e. The number of carbonyl (C=O) groups is 1. The molecule has 200 valence electrons. The molecular formula is C26H38N8O3. The van der Waals surface area contributed by atoms with Crippen LogP contribution in [0.2, 0.25) is 0 Å². The van der Waals surface area contributed by atoms with E-state index < -0.39 is 11.7 Å². The van der Waals surface area contributed by atoms with Gasteiger partial charge in [0.2, 0.25) is 0 Å². The van der Waals surface area contributed by atoms with E-state index in [0.717, 1.165) is 45.0 Å². The highest BCUT2D eigenvalue weighted by molar-refractivity contribution is 6.22. The predicted molar refractivity (Wildman–Crippen MR) is 147 cm³/mol. The van der Waals surface area contributed by atoms with Crippen molar-refractivity contribution >= 4 is 34.7 Å². The van der Waals surface area contributed by atoms with Gasteiger partial charge in [-0.25, -0.2) is 19.8 Å². The molecule has 5 N–H and O–H groups in total. The number of ether oxygens (including phenoxy) is 2. The van der Waals surface area contributed by atoms with Crippen molar-refractivity contribution in [1.82, 2.24) is 20.2 Å². The number of rotatable bonds is 9. The molecule has 1 saturated heterocycles. The highest BCUT2D eigenvalue weighted by atomic mass is 16.6. The molecule has 1 aromatic heterocycles. The topological polar surface area (TPSA) is 139 Å². The highest BCUT2D eigenvalue weighted by Gasteiger charge is 2.17. The van der Waals surface area contributed by atoms with Crippen LogP contribution in [0.5, 0.6) is 0 Å². The van der Waals surface area contributed by atoms with Crippen LogP contribution in [-0.2, 0) is 9.47 Å². The van der Waals surface area contributed by atoms with Crippen molar-refractivity contribution in [2.24, 2.45) is 10.7 Å². The first-order chi connectivity index (χ1) is 17.6. The molecule has 11 heteroatoms. The van der Waals surface area contributed by atoms with Crippen molar-refractivity contribution in [2.75, 3.05) is 57.1 Å². The molecule has 37 heavy (non-hydrogen) atoms. The molecule has 2 aromatic rings. The average Bonchev–Trinajstić information content (AvgIpc) is 2.84.